The fraction of sp³-hybridized carbons (Fsp3) is 0.0312. The second-order valence-corrected chi connectivity index (χ2v) is 17.6. The smallest absolute Gasteiger partial charge is 0.0542 e. The average molecular weight is 841 g/mol. The molecular formula is C64H44N2. The Morgan fingerprint density at radius 1 is 0.318 bits per heavy atom. The van der Waals surface area contributed by atoms with Crippen LogP contribution in [0, 0.1) is 0 Å². The van der Waals surface area contributed by atoms with Crippen molar-refractivity contribution in [1.82, 2.24) is 4.57 Å². The van der Waals surface area contributed by atoms with E-state index < -0.39 is 0 Å². The van der Waals surface area contributed by atoms with E-state index >= 15 is 0 Å². The summed E-state index contributed by atoms with van der Waals surface area (Å²) < 4.78 is 2.42. The lowest BCUT2D eigenvalue weighted by Gasteiger charge is -2.25. The number of fused-ring (bicyclic) bond motifs is 9. The molecule has 0 aliphatic heterocycles. The van der Waals surface area contributed by atoms with Crippen molar-refractivity contribution in [1.29, 1.82) is 0 Å². The van der Waals surface area contributed by atoms with Gasteiger partial charge in [0, 0.05) is 45.4 Å². The topological polar surface area (TPSA) is 8.17 Å². The SMILES string of the molecule is C(=Cc1ccc(N(c2ccccc2)c2ccc3c(c2)c2cc(-c4ccc5c(c4)C(C4c6ccccc6-c6ccccc64)c4ccccc4-5)ccc2n3-c2ccccc2)cc1)c1ccccc1. The Morgan fingerprint density at radius 2 is 0.758 bits per heavy atom. The number of anilines is 3. The minimum absolute atomic E-state index is 0.199. The van der Waals surface area contributed by atoms with Gasteiger partial charge in [0.15, 0.2) is 0 Å². The molecule has 1 unspecified atom stereocenters. The van der Waals surface area contributed by atoms with Crippen LogP contribution in [-0.4, -0.2) is 4.57 Å². The first-order chi connectivity index (χ1) is 32.7. The first-order valence-corrected chi connectivity index (χ1v) is 23.0. The molecular weight excluding hydrogens is 797 g/mol. The predicted molar refractivity (Wildman–Crippen MR) is 277 cm³/mol. The summed E-state index contributed by atoms with van der Waals surface area (Å²) in [4.78, 5) is 2.37. The largest absolute Gasteiger partial charge is 0.310 e. The maximum absolute atomic E-state index is 2.50. The number of nitrogens with zero attached hydrogens (tertiary/aromatic N) is 2. The van der Waals surface area contributed by atoms with Crippen LogP contribution in [0.5, 0.6) is 0 Å². The highest BCUT2D eigenvalue weighted by Crippen LogP contribution is 2.58. The van der Waals surface area contributed by atoms with Crippen molar-refractivity contribution in [3.05, 3.63) is 276 Å². The second kappa shape index (κ2) is 15.7. The molecule has 2 heteroatoms. The van der Waals surface area contributed by atoms with Crippen LogP contribution in [0.4, 0.5) is 17.1 Å². The molecule has 1 atom stereocenters. The third-order valence-corrected chi connectivity index (χ3v) is 14.0. The van der Waals surface area contributed by atoms with Crippen molar-refractivity contribution in [2.45, 2.75) is 11.8 Å². The van der Waals surface area contributed by atoms with E-state index in [2.05, 4.69) is 264 Å². The van der Waals surface area contributed by atoms with Gasteiger partial charge in [0.05, 0.1) is 11.0 Å². The molecule has 0 bridgehead atoms. The fourth-order valence-corrected chi connectivity index (χ4v) is 11.0. The van der Waals surface area contributed by atoms with Gasteiger partial charge in [-0.3, -0.25) is 0 Å². The summed E-state index contributed by atoms with van der Waals surface area (Å²) in [5, 5.41) is 2.43. The molecule has 0 spiro atoms. The van der Waals surface area contributed by atoms with Crippen LogP contribution in [0.1, 0.15) is 45.2 Å². The summed E-state index contributed by atoms with van der Waals surface area (Å²) in [6, 6.07) is 89.3. The molecule has 13 rings (SSSR count). The first kappa shape index (κ1) is 38.0. The molecule has 1 aromatic heterocycles. The van der Waals surface area contributed by atoms with Gasteiger partial charge < -0.3 is 9.47 Å². The highest BCUT2D eigenvalue weighted by Gasteiger charge is 2.41. The van der Waals surface area contributed by atoms with Gasteiger partial charge in [-0.05, 0) is 140 Å². The van der Waals surface area contributed by atoms with Gasteiger partial charge in [0.25, 0.3) is 0 Å². The maximum Gasteiger partial charge on any atom is 0.0542 e. The summed E-state index contributed by atoms with van der Waals surface area (Å²) in [6.07, 6.45) is 4.35. The Balaban J connectivity index is 0.954. The molecule has 0 saturated carbocycles. The van der Waals surface area contributed by atoms with Gasteiger partial charge in [0.2, 0.25) is 0 Å². The quantitative estimate of drug-likeness (QED) is 0.138. The van der Waals surface area contributed by atoms with Crippen LogP contribution >= 0.6 is 0 Å². The van der Waals surface area contributed by atoms with E-state index in [1.807, 2.05) is 0 Å². The lowest BCUT2D eigenvalue weighted by molar-refractivity contribution is 0.724. The number of para-hydroxylation sites is 2. The van der Waals surface area contributed by atoms with E-state index in [9.17, 15) is 0 Å². The molecule has 1 heterocycles. The zero-order chi connectivity index (χ0) is 43.6. The number of rotatable bonds is 8. The van der Waals surface area contributed by atoms with E-state index in [1.54, 1.807) is 0 Å². The van der Waals surface area contributed by atoms with Crippen LogP contribution in [0.2, 0.25) is 0 Å². The average Bonchev–Trinajstić information content (AvgIpc) is 4.01. The fourth-order valence-electron chi connectivity index (χ4n) is 11.0. The molecule has 2 nitrogen and oxygen atoms in total. The van der Waals surface area contributed by atoms with Crippen LogP contribution < -0.4 is 4.90 Å². The monoisotopic (exact) mass is 840 g/mol. The van der Waals surface area contributed by atoms with E-state index in [4.69, 9.17) is 0 Å². The van der Waals surface area contributed by atoms with E-state index in [-0.39, 0.29) is 11.8 Å². The molecule has 0 saturated heterocycles. The molecule has 66 heavy (non-hydrogen) atoms. The molecule has 11 aromatic rings. The highest BCUT2D eigenvalue weighted by molar-refractivity contribution is 6.12. The van der Waals surface area contributed by atoms with Crippen molar-refractivity contribution < 1.29 is 0 Å². The Bertz CT molecular complexity index is 3590. The van der Waals surface area contributed by atoms with Crippen LogP contribution in [0.25, 0.3) is 73.0 Å². The summed E-state index contributed by atoms with van der Waals surface area (Å²) in [6.45, 7) is 0. The van der Waals surface area contributed by atoms with Crippen molar-refractivity contribution in [2.75, 3.05) is 4.90 Å². The molecule has 2 aliphatic rings. The summed E-state index contributed by atoms with van der Waals surface area (Å²) in [5.74, 6) is 0.430. The number of aromatic nitrogens is 1. The van der Waals surface area contributed by atoms with Gasteiger partial charge in [-0.1, -0.05) is 182 Å². The Hall–Kier alpha value is -8.46. The Morgan fingerprint density at radius 3 is 1.39 bits per heavy atom. The third kappa shape index (κ3) is 6.25. The highest BCUT2D eigenvalue weighted by atomic mass is 15.1. The van der Waals surface area contributed by atoms with Gasteiger partial charge in [-0.15, -0.1) is 0 Å². The summed E-state index contributed by atoms with van der Waals surface area (Å²) in [7, 11) is 0. The van der Waals surface area contributed by atoms with Crippen molar-refractivity contribution >= 4 is 51.0 Å². The van der Waals surface area contributed by atoms with Gasteiger partial charge in [0.1, 0.15) is 0 Å². The summed E-state index contributed by atoms with van der Waals surface area (Å²) in [5.41, 5.74) is 22.7. The number of hydrogen-bond donors (Lipinski definition) is 0. The van der Waals surface area contributed by atoms with Crippen molar-refractivity contribution in [2.24, 2.45) is 0 Å². The van der Waals surface area contributed by atoms with Gasteiger partial charge in [-0.2, -0.15) is 0 Å². The van der Waals surface area contributed by atoms with Crippen molar-refractivity contribution in [3.63, 3.8) is 0 Å². The third-order valence-electron chi connectivity index (χ3n) is 14.0. The first-order valence-electron chi connectivity index (χ1n) is 23.0. The minimum atomic E-state index is 0.199. The van der Waals surface area contributed by atoms with E-state index in [1.165, 1.54) is 83.0 Å². The standard InChI is InChI=1S/C64H44N2/c1-4-16-43(17-5-1)28-29-44-30-34-49(35-31-44)65(47-18-6-2-7-19-47)50-36-39-62-59(42-50)58-40-46(33-38-61(58)66(62)48-20-8-3-9-21-48)45-32-37-54-53-24-12-15-27-57(53)64(60(54)41-45)63-55-25-13-10-22-51(55)52-23-11-14-26-56(52)63/h1-42,63-64H. The number of benzene rings is 10. The molecule has 0 N–H and O–H groups in total. The Kier molecular flexibility index (Phi) is 9.02. The Labute approximate surface area is 385 Å². The van der Waals surface area contributed by atoms with E-state index in [0.29, 0.717) is 0 Å². The molecule has 0 fully saturated rings. The van der Waals surface area contributed by atoms with Crippen LogP contribution in [0.15, 0.2) is 243 Å². The summed E-state index contributed by atoms with van der Waals surface area (Å²) >= 11 is 0. The lowest BCUT2D eigenvalue weighted by Crippen LogP contribution is -2.10. The van der Waals surface area contributed by atoms with Crippen LogP contribution in [0.3, 0.4) is 0 Å². The van der Waals surface area contributed by atoms with Gasteiger partial charge >= 0.3 is 0 Å². The molecule has 10 aromatic carbocycles. The molecule has 0 radical (unpaired) electrons. The van der Waals surface area contributed by atoms with Gasteiger partial charge in [-0.25, -0.2) is 0 Å². The lowest BCUT2D eigenvalue weighted by atomic mass is 9.78. The predicted octanol–water partition coefficient (Wildman–Crippen LogP) is 17.0. The minimum Gasteiger partial charge on any atom is -0.310 e. The molecule has 0 amide bonds. The zero-order valence-corrected chi connectivity index (χ0v) is 36.3. The van der Waals surface area contributed by atoms with E-state index in [0.717, 1.165) is 28.3 Å². The zero-order valence-electron chi connectivity index (χ0n) is 36.3. The molecule has 2 aliphatic carbocycles. The second-order valence-electron chi connectivity index (χ2n) is 17.6. The van der Waals surface area contributed by atoms with Crippen LogP contribution in [-0.2, 0) is 0 Å². The van der Waals surface area contributed by atoms with Crippen molar-refractivity contribution in [3.8, 4) is 39.1 Å². The molecule has 310 valence electrons. The normalized spacial score (nSPS) is 13.8. The number of hydrogen-bond acceptors (Lipinski definition) is 1. The maximum atomic E-state index is 2.50.